The van der Waals surface area contributed by atoms with Gasteiger partial charge >= 0.3 is 0 Å². The number of thioether (sulfide) groups is 1. The second kappa shape index (κ2) is 7.04. The maximum atomic E-state index is 5.65. The summed E-state index contributed by atoms with van der Waals surface area (Å²) in [6, 6.07) is 8.11. The van der Waals surface area contributed by atoms with Gasteiger partial charge < -0.3 is 10.5 Å². The van der Waals surface area contributed by atoms with Gasteiger partial charge in [-0.15, -0.1) is 5.10 Å². The number of nitrogens with two attached hydrogens (primary N) is 1. The Morgan fingerprint density at radius 2 is 2.05 bits per heavy atom. The van der Waals surface area contributed by atoms with Gasteiger partial charge in [0.25, 0.3) is 0 Å². The quantitative estimate of drug-likeness (QED) is 0.601. The van der Waals surface area contributed by atoms with Crippen LogP contribution in [-0.4, -0.2) is 27.5 Å². The van der Waals surface area contributed by atoms with Gasteiger partial charge in [-0.25, -0.2) is 5.10 Å². The van der Waals surface area contributed by atoms with Gasteiger partial charge in [-0.1, -0.05) is 29.5 Å². The molecule has 0 atom stereocenters. The summed E-state index contributed by atoms with van der Waals surface area (Å²) >= 11 is 1.60. The molecule has 0 amide bonds. The molecule has 0 saturated carbocycles. The number of aromatic nitrogens is 3. The number of benzene rings is 1. The largest absolute Gasteiger partial charge is 0.494 e. The van der Waals surface area contributed by atoms with Crippen LogP contribution in [0.2, 0.25) is 0 Å². The topological polar surface area (TPSA) is 76.8 Å². The first kappa shape index (κ1) is 13.7. The van der Waals surface area contributed by atoms with Crippen LogP contribution in [-0.2, 0) is 0 Å². The molecule has 2 aromatic rings. The molecule has 0 spiro atoms. The van der Waals surface area contributed by atoms with Crippen LogP contribution in [0.3, 0.4) is 0 Å². The summed E-state index contributed by atoms with van der Waals surface area (Å²) in [5.74, 6) is 2.26. The Morgan fingerprint density at radius 3 is 2.74 bits per heavy atom. The van der Waals surface area contributed by atoms with E-state index >= 15 is 0 Å². The van der Waals surface area contributed by atoms with Crippen molar-refractivity contribution in [2.45, 2.75) is 24.9 Å². The van der Waals surface area contributed by atoms with Gasteiger partial charge in [0.1, 0.15) is 5.75 Å². The standard InChI is InChI=1S/C13H18N4OS/c1-10-4-6-11(7-5-10)18-8-2-3-9-19-13-15-12(14)16-17-13/h4-7H,2-3,8-9H2,1H3,(H3,14,15,16,17). The van der Waals surface area contributed by atoms with Crippen LogP contribution in [0.4, 0.5) is 5.95 Å². The second-order valence-corrected chi connectivity index (χ2v) is 5.28. The highest BCUT2D eigenvalue weighted by Gasteiger charge is 2.00. The van der Waals surface area contributed by atoms with Gasteiger partial charge in [0.2, 0.25) is 11.1 Å². The molecule has 19 heavy (non-hydrogen) atoms. The van der Waals surface area contributed by atoms with E-state index in [1.165, 1.54) is 5.56 Å². The van der Waals surface area contributed by atoms with Crippen LogP contribution in [0.25, 0.3) is 0 Å². The molecule has 6 heteroatoms. The molecule has 3 N–H and O–H groups in total. The second-order valence-electron chi connectivity index (χ2n) is 4.22. The summed E-state index contributed by atoms with van der Waals surface area (Å²) in [6.07, 6.45) is 2.08. The van der Waals surface area contributed by atoms with E-state index < -0.39 is 0 Å². The first-order valence-electron chi connectivity index (χ1n) is 6.24. The molecule has 0 saturated heterocycles. The fraction of sp³-hybridized carbons (Fsp3) is 0.385. The fourth-order valence-electron chi connectivity index (χ4n) is 1.51. The third kappa shape index (κ3) is 4.82. The van der Waals surface area contributed by atoms with E-state index in [-0.39, 0.29) is 0 Å². The number of hydrogen-bond acceptors (Lipinski definition) is 5. The average Bonchev–Trinajstić information content (AvgIpc) is 2.81. The molecule has 0 unspecified atom stereocenters. The Kier molecular flexibility index (Phi) is 5.09. The summed E-state index contributed by atoms with van der Waals surface area (Å²) in [5.41, 5.74) is 6.69. The minimum Gasteiger partial charge on any atom is -0.494 e. The molecule has 0 aliphatic heterocycles. The van der Waals surface area contributed by atoms with Gasteiger partial charge in [-0.3, -0.25) is 0 Å². The summed E-state index contributed by atoms with van der Waals surface area (Å²) in [5, 5.41) is 7.28. The summed E-state index contributed by atoms with van der Waals surface area (Å²) in [7, 11) is 0. The first-order valence-corrected chi connectivity index (χ1v) is 7.23. The number of aryl methyl sites for hydroxylation is 1. The number of ether oxygens (including phenoxy) is 1. The van der Waals surface area contributed by atoms with Crippen molar-refractivity contribution < 1.29 is 4.74 Å². The summed E-state index contributed by atoms with van der Waals surface area (Å²) < 4.78 is 5.65. The molecule has 5 nitrogen and oxygen atoms in total. The number of H-pyrrole nitrogens is 1. The molecule has 0 fully saturated rings. The van der Waals surface area contributed by atoms with Crippen LogP contribution in [0.15, 0.2) is 29.4 Å². The molecule has 2 rings (SSSR count). The van der Waals surface area contributed by atoms with E-state index in [4.69, 9.17) is 10.5 Å². The molecule has 0 radical (unpaired) electrons. The van der Waals surface area contributed by atoms with E-state index in [0.29, 0.717) is 11.1 Å². The lowest BCUT2D eigenvalue weighted by Crippen LogP contribution is -1.98. The monoisotopic (exact) mass is 278 g/mol. The van der Waals surface area contributed by atoms with Crippen molar-refractivity contribution in [3.63, 3.8) is 0 Å². The van der Waals surface area contributed by atoms with Crippen molar-refractivity contribution in [1.29, 1.82) is 0 Å². The van der Waals surface area contributed by atoms with Gasteiger partial charge in [-0.2, -0.15) is 4.98 Å². The van der Waals surface area contributed by atoms with Crippen molar-refractivity contribution in [1.82, 2.24) is 15.2 Å². The minimum absolute atomic E-state index is 0.366. The number of nitrogen functional groups attached to an aromatic ring is 1. The van der Waals surface area contributed by atoms with E-state index in [1.807, 2.05) is 12.1 Å². The zero-order valence-electron chi connectivity index (χ0n) is 10.9. The van der Waals surface area contributed by atoms with Gasteiger partial charge in [0, 0.05) is 5.75 Å². The lowest BCUT2D eigenvalue weighted by molar-refractivity contribution is 0.310. The molecular weight excluding hydrogens is 260 g/mol. The number of anilines is 1. The lowest BCUT2D eigenvalue weighted by Gasteiger charge is -2.05. The molecule has 0 aliphatic carbocycles. The van der Waals surface area contributed by atoms with Crippen molar-refractivity contribution in [2.24, 2.45) is 0 Å². The number of hydrogen-bond donors (Lipinski definition) is 2. The van der Waals surface area contributed by atoms with Crippen LogP contribution in [0.1, 0.15) is 18.4 Å². The van der Waals surface area contributed by atoms with Crippen LogP contribution >= 0.6 is 11.8 Å². The van der Waals surface area contributed by atoms with Crippen molar-refractivity contribution in [3.05, 3.63) is 29.8 Å². The maximum absolute atomic E-state index is 5.65. The maximum Gasteiger partial charge on any atom is 0.216 e. The molecule has 0 aliphatic rings. The molecular formula is C13H18N4OS. The Bertz CT molecular complexity index is 498. The number of unbranched alkanes of at least 4 members (excludes halogenated alkanes) is 1. The number of aromatic amines is 1. The zero-order chi connectivity index (χ0) is 13.5. The Hall–Kier alpha value is -1.69. The van der Waals surface area contributed by atoms with E-state index in [2.05, 4.69) is 34.2 Å². The fourth-order valence-corrected chi connectivity index (χ4v) is 2.32. The van der Waals surface area contributed by atoms with Crippen LogP contribution < -0.4 is 10.5 Å². The average molecular weight is 278 g/mol. The van der Waals surface area contributed by atoms with E-state index in [9.17, 15) is 0 Å². The highest BCUT2D eigenvalue weighted by molar-refractivity contribution is 7.99. The Labute approximate surface area is 117 Å². The lowest BCUT2D eigenvalue weighted by atomic mass is 10.2. The predicted octanol–water partition coefficient (Wildman–Crippen LogP) is 2.65. The predicted molar refractivity (Wildman–Crippen MR) is 77.4 cm³/mol. The van der Waals surface area contributed by atoms with E-state index in [1.54, 1.807) is 11.8 Å². The minimum atomic E-state index is 0.366. The van der Waals surface area contributed by atoms with E-state index in [0.717, 1.165) is 31.0 Å². The Balaban J connectivity index is 1.56. The third-order valence-electron chi connectivity index (χ3n) is 2.54. The molecule has 1 aromatic carbocycles. The highest BCUT2D eigenvalue weighted by atomic mass is 32.2. The number of rotatable bonds is 7. The van der Waals surface area contributed by atoms with Crippen LogP contribution in [0, 0.1) is 6.92 Å². The molecule has 1 heterocycles. The Morgan fingerprint density at radius 1 is 1.26 bits per heavy atom. The van der Waals surface area contributed by atoms with Crippen molar-refractivity contribution >= 4 is 17.7 Å². The van der Waals surface area contributed by atoms with Gasteiger partial charge in [0.05, 0.1) is 6.61 Å². The smallest absolute Gasteiger partial charge is 0.216 e. The first-order chi connectivity index (χ1) is 9.24. The zero-order valence-corrected chi connectivity index (χ0v) is 11.7. The van der Waals surface area contributed by atoms with Gasteiger partial charge in [0.15, 0.2) is 0 Å². The molecule has 0 bridgehead atoms. The van der Waals surface area contributed by atoms with Crippen molar-refractivity contribution in [3.8, 4) is 5.75 Å². The SMILES string of the molecule is Cc1ccc(OCCCCSc2n[nH]c(N)n2)cc1. The highest BCUT2D eigenvalue weighted by Crippen LogP contribution is 2.15. The normalized spacial score (nSPS) is 10.6. The van der Waals surface area contributed by atoms with Crippen LogP contribution in [0.5, 0.6) is 5.75 Å². The summed E-state index contributed by atoms with van der Waals surface area (Å²) in [6.45, 7) is 2.80. The third-order valence-corrected chi connectivity index (χ3v) is 3.48. The molecule has 102 valence electrons. The summed E-state index contributed by atoms with van der Waals surface area (Å²) in [4.78, 5) is 4.03. The molecule has 1 aromatic heterocycles. The van der Waals surface area contributed by atoms with Gasteiger partial charge in [-0.05, 0) is 31.9 Å². The van der Waals surface area contributed by atoms with Crippen molar-refractivity contribution in [2.75, 3.05) is 18.1 Å². The number of nitrogens with zero attached hydrogens (tertiary/aromatic N) is 2. The number of nitrogens with one attached hydrogen (secondary N) is 1.